The summed E-state index contributed by atoms with van der Waals surface area (Å²) in [6.07, 6.45) is 3.33. The third-order valence-electron chi connectivity index (χ3n) is 4.06. The molecule has 0 radical (unpaired) electrons. The fraction of sp³-hybridized carbons (Fsp3) is 0.611. The highest BCUT2D eigenvalue weighted by Crippen LogP contribution is 2.22. The fourth-order valence-corrected chi connectivity index (χ4v) is 2.80. The van der Waals surface area contributed by atoms with Crippen molar-refractivity contribution in [1.82, 2.24) is 9.88 Å². The molecule has 0 spiro atoms. The van der Waals surface area contributed by atoms with Gasteiger partial charge in [0.15, 0.2) is 0 Å². The van der Waals surface area contributed by atoms with Gasteiger partial charge in [-0.3, -0.25) is 0 Å². The molecule has 2 heterocycles. The normalized spacial score (nSPS) is 15.7. The van der Waals surface area contributed by atoms with Crippen LogP contribution in [0.3, 0.4) is 0 Å². The van der Waals surface area contributed by atoms with Crippen LogP contribution in [0.25, 0.3) is 0 Å². The fourth-order valence-electron chi connectivity index (χ4n) is 2.80. The average molecular weight is 330 g/mol. The third kappa shape index (κ3) is 5.12. The molecular formula is C18H26N4O2. The van der Waals surface area contributed by atoms with E-state index in [4.69, 9.17) is 10.00 Å². The number of amides is 1. The molecule has 1 fully saturated rings. The standard InChI is InChI=1S/C18H26N4O2/c1-18(2,3)24-17(23)22-9-6-14(7-10-22)13-21(4)16-11-15(12-19)5-8-20-16/h5,8,11,14H,6-7,9-10,13H2,1-4H3. The van der Waals surface area contributed by atoms with Gasteiger partial charge < -0.3 is 14.5 Å². The van der Waals surface area contributed by atoms with Crippen molar-refractivity contribution in [3.05, 3.63) is 23.9 Å². The van der Waals surface area contributed by atoms with E-state index in [0.717, 1.165) is 38.3 Å². The maximum absolute atomic E-state index is 12.1. The van der Waals surface area contributed by atoms with Crippen LogP contribution in [0.1, 0.15) is 39.2 Å². The molecule has 1 amide bonds. The summed E-state index contributed by atoms with van der Waals surface area (Å²) in [5, 5.41) is 8.98. The zero-order valence-electron chi connectivity index (χ0n) is 15.0. The molecule has 0 aromatic carbocycles. The molecular weight excluding hydrogens is 304 g/mol. The predicted octanol–water partition coefficient (Wildman–Crippen LogP) is 3.04. The number of carbonyl (C=O) groups excluding carboxylic acids is 1. The number of piperidine rings is 1. The predicted molar refractivity (Wildman–Crippen MR) is 92.8 cm³/mol. The lowest BCUT2D eigenvalue weighted by molar-refractivity contribution is 0.0186. The first-order chi connectivity index (χ1) is 11.3. The van der Waals surface area contributed by atoms with Crippen LogP contribution < -0.4 is 4.90 Å². The molecule has 1 saturated heterocycles. The number of pyridine rings is 1. The second-order valence-corrected chi connectivity index (χ2v) is 7.31. The molecule has 1 aromatic heterocycles. The van der Waals surface area contributed by atoms with E-state index in [1.54, 1.807) is 23.2 Å². The molecule has 24 heavy (non-hydrogen) atoms. The molecule has 0 aliphatic carbocycles. The SMILES string of the molecule is CN(CC1CCN(C(=O)OC(C)(C)C)CC1)c1cc(C#N)ccn1. The van der Waals surface area contributed by atoms with E-state index >= 15 is 0 Å². The lowest BCUT2D eigenvalue weighted by Gasteiger charge is -2.35. The Morgan fingerprint density at radius 3 is 2.71 bits per heavy atom. The first-order valence-corrected chi connectivity index (χ1v) is 8.33. The van der Waals surface area contributed by atoms with Gasteiger partial charge in [-0.05, 0) is 51.7 Å². The Morgan fingerprint density at radius 1 is 1.46 bits per heavy atom. The number of nitrogens with zero attached hydrogens (tertiary/aromatic N) is 4. The van der Waals surface area contributed by atoms with Crippen molar-refractivity contribution in [2.45, 2.75) is 39.2 Å². The summed E-state index contributed by atoms with van der Waals surface area (Å²) < 4.78 is 5.42. The monoisotopic (exact) mass is 330 g/mol. The lowest BCUT2D eigenvalue weighted by atomic mass is 9.96. The van der Waals surface area contributed by atoms with Gasteiger partial charge in [-0.15, -0.1) is 0 Å². The lowest BCUT2D eigenvalue weighted by Crippen LogP contribution is -2.43. The first-order valence-electron chi connectivity index (χ1n) is 8.33. The maximum atomic E-state index is 12.1. The highest BCUT2D eigenvalue weighted by atomic mass is 16.6. The number of rotatable bonds is 3. The van der Waals surface area contributed by atoms with E-state index < -0.39 is 5.60 Å². The molecule has 6 nitrogen and oxygen atoms in total. The molecule has 1 aliphatic rings. The van der Waals surface area contributed by atoms with E-state index in [9.17, 15) is 4.79 Å². The van der Waals surface area contributed by atoms with Gasteiger partial charge in [0.25, 0.3) is 0 Å². The molecule has 2 rings (SSSR count). The number of carbonyl (C=O) groups is 1. The Kier molecular flexibility index (Phi) is 5.66. The number of nitriles is 1. The Morgan fingerprint density at radius 2 is 2.12 bits per heavy atom. The van der Waals surface area contributed by atoms with Gasteiger partial charge in [-0.2, -0.15) is 5.26 Å². The van der Waals surface area contributed by atoms with Crippen molar-refractivity contribution in [2.75, 3.05) is 31.6 Å². The van der Waals surface area contributed by atoms with Crippen molar-refractivity contribution in [3.63, 3.8) is 0 Å². The van der Waals surface area contributed by atoms with Crippen LogP contribution >= 0.6 is 0 Å². The molecule has 0 N–H and O–H groups in total. The van der Waals surface area contributed by atoms with Gasteiger partial charge in [0.05, 0.1) is 11.6 Å². The van der Waals surface area contributed by atoms with Crippen molar-refractivity contribution in [1.29, 1.82) is 5.26 Å². The molecule has 130 valence electrons. The third-order valence-corrected chi connectivity index (χ3v) is 4.06. The number of ether oxygens (including phenoxy) is 1. The number of hydrogen-bond acceptors (Lipinski definition) is 5. The summed E-state index contributed by atoms with van der Waals surface area (Å²) in [4.78, 5) is 20.3. The van der Waals surface area contributed by atoms with Gasteiger partial charge in [-0.25, -0.2) is 9.78 Å². The first kappa shape index (κ1) is 18.1. The van der Waals surface area contributed by atoms with E-state index in [1.807, 2.05) is 27.8 Å². The molecule has 6 heteroatoms. The Bertz CT molecular complexity index is 610. The molecule has 0 atom stereocenters. The largest absolute Gasteiger partial charge is 0.444 e. The minimum Gasteiger partial charge on any atom is -0.444 e. The summed E-state index contributed by atoms with van der Waals surface area (Å²) in [6.45, 7) is 7.96. The van der Waals surface area contributed by atoms with Crippen molar-refractivity contribution in [3.8, 4) is 6.07 Å². The van der Waals surface area contributed by atoms with E-state index in [0.29, 0.717) is 11.5 Å². The molecule has 0 bridgehead atoms. The summed E-state index contributed by atoms with van der Waals surface area (Å²) in [5.41, 5.74) is 0.164. The number of hydrogen-bond donors (Lipinski definition) is 0. The van der Waals surface area contributed by atoms with Crippen LogP contribution in [0.4, 0.5) is 10.6 Å². The van der Waals surface area contributed by atoms with Crippen molar-refractivity contribution in [2.24, 2.45) is 5.92 Å². The van der Waals surface area contributed by atoms with E-state index in [2.05, 4.69) is 16.0 Å². The smallest absolute Gasteiger partial charge is 0.410 e. The summed E-state index contributed by atoms with van der Waals surface area (Å²) in [7, 11) is 1.99. The molecule has 0 saturated carbocycles. The second kappa shape index (κ2) is 7.52. The van der Waals surface area contributed by atoms with Gasteiger partial charge in [0.1, 0.15) is 11.4 Å². The van der Waals surface area contributed by atoms with Crippen LogP contribution in [0, 0.1) is 17.2 Å². The number of likely N-dealkylation sites (tertiary alicyclic amines) is 1. The van der Waals surface area contributed by atoms with Crippen LogP contribution in [0.5, 0.6) is 0 Å². The number of aromatic nitrogens is 1. The van der Waals surface area contributed by atoms with Crippen molar-refractivity contribution >= 4 is 11.9 Å². The van der Waals surface area contributed by atoms with Gasteiger partial charge in [-0.1, -0.05) is 0 Å². The topological polar surface area (TPSA) is 69.5 Å². The summed E-state index contributed by atoms with van der Waals surface area (Å²) in [5.74, 6) is 1.31. The van der Waals surface area contributed by atoms with E-state index in [1.165, 1.54) is 0 Å². The number of anilines is 1. The highest BCUT2D eigenvalue weighted by Gasteiger charge is 2.27. The summed E-state index contributed by atoms with van der Waals surface area (Å²) in [6, 6.07) is 5.64. The highest BCUT2D eigenvalue weighted by molar-refractivity contribution is 5.68. The summed E-state index contributed by atoms with van der Waals surface area (Å²) >= 11 is 0. The van der Waals surface area contributed by atoms with Crippen LogP contribution in [-0.4, -0.2) is 48.3 Å². The quantitative estimate of drug-likeness (QED) is 0.852. The zero-order valence-corrected chi connectivity index (χ0v) is 15.0. The average Bonchev–Trinajstić information content (AvgIpc) is 2.54. The Labute approximate surface area is 144 Å². The molecule has 1 aliphatic heterocycles. The Balaban J connectivity index is 1.84. The minimum atomic E-state index is -0.453. The zero-order chi connectivity index (χ0) is 17.7. The van der Waals surface area contributed by atoms with Crippen LogP contribution in [0.15, 0.2) is 18.3 Å². The Hall–Kier alpha value is -2.29. The van der Waals surface area contributed by atoms with E-state index in [-0.39, 0.29) is 6.09 Å². The van der Waals surface area contributed by atoms with Gasteiger partial charge in [0.2, 0.25) is 0 Å². The minimum absolute atomic E-state index is 0.224. The van der Waals surface area contributed by atoms with Gasteiger partial charge in [0, 0.05) is 32.9 Å². The van der Waals surface area contributed by atoms with Gasteiger partial charge >= 0.3 is 6.09 Å². The molecule has 0 unspecified atom stereocenters. The maximum Gasteiger partial charge on any atom is 0.410 e. The molecule has 1 aromatic rings. The van der Waals surface area contributed by atoms with Crippen LogP contribution in [0.2, 0.25) is 0 Å². The van der Waals surface area contributed by atoms with Crippen LogP contribution in [-0.2, 0) is 4.74 Å². The second-order valence-electron chi connectivity index (χ2n) is 7.31. The van der Waals surface area contributed by atoms with Crippen molar-refractivity contribution < 1.29 is 9.53 Å².